The molecule has 3 rings (SSSR count). The molecule has 0 spiro atoms. The van der Waals surface area contributed by atoms with Gasteiger partial charge in [0.1, 0.15) is 13.2 Å². The molecule has 0 radical (unpaired) electrons. The molecule has 0 unspecified atom stereocenters. The van der Waals surface area contributed by atoms with E-state index in [1.165, 1.54) is 0 Å². The fourth-order valence-corrected chi connectivity index (χ4v) is 2.74. The molecule has 2 aromatic rings. The molecule has 0 atom stereocenters. The van der Waals surface area contributed by atoms with E-state index in [1.54, 1.807) is 30.3 Å². The second-order valence-corrected chi connectivity index (χ2v) is 6.17. The summed E-state index contributed by atoms with van der Waals surface area (Å²) >= 11 is 18.1. The summed E-state index contributed by atoms with van der Waals surface area (Å²) in [6.45, 7) is 0.961. The number of carbonyl (C=O) groups is 1. The van der Waals surface area contributed by atoms with Gasteiger partial charge in [-0.05, 0) is 12.1 Å². The van der Waals surface area contributed by atoms with E-state index in [4.69, 9.17) is 44.3 Å². The van der Waals surface area contributed by atoms with Crippen molar-refractivity contribution in [2.24, 2.45) is 0 Å². The van der Waals surface area contributed by atoms with Crippen molar-refractivity contribution in [3.8, 4) is 11.5 Å². The van der Waals surface area contributed by atoms with Crippen LogP contribution in [-0.2, 0) is 4.79 Å². The molecule has 1 heterocycles. The number of rotatable bonds is 4. The number of hydrogen-bond donors (Lipinski definition) is 2. The van der Waals surface area contributed by atoms with Gasteiger partial charge in [0.2, 0.25) is 5.91 Å². The van der Waals surface area contributed by atoms with E-state index >= 15 is 0 Å². The molecule has 0 saturated heterocycles. The number of hydrogen-bond acceptors (Lipinski definition) is 4. The molecule has 0 fully saturated rings. The van der Waals surface area contributed by atoms with Gasteiger partial charge in [0, 0.05) is 12.1 Å². The number of nitrogens with one attached hydrogen (secondary N) is 2. The minimum absolute atomic E-state index is 0.00219. The summed E-state index contributed by atoms with van der Waals surface area (Å²) in [5.41, 5.74) is 1.03. The van der Waals surface area contributed by atoms with Crippen molar-refractivity contribution in [3.05, 3.63) is 45.4 Å². The van der Waals surface area contributed by atoms with Crippen LogP contribution in [0, 0.1) is 0 Å². The van der Waals surface area contributed by atoms with E-state index in [9.17, 15) is 4.79 Å². The van der Waals surface area contributed by atoms with Crippen LogP contribution in [0.25, 0.3) is 0 Å². The standard InChI is InChI=1S/C16H13Cl3N2O3/c17-9-2-1-3-11(16(9)19)21-15(22)8-20-12-7-14-13(6-10(12)18)23-4-5-24-14/h1-3,6-7,20H,4-5,8H2,(H,21,22). The predicted octanol–water partition coefficient (Wildman–Crippen LogP) is 4.47. The van der Waals surface area contributed by atoms with Gasteiger partial charge in [0.05, 0.1) is 33.0 Å². The topological polar surface area (TPSA) is 59.6 Å². The molecule has 5 nitrogen and oxygen atoms in total. The zero-order valence-corrected chi connectivity index (χ0v) is 14.6. The summed E-state index contributed by atoms with van der Waals surface area (Å²) in [6.07, 6.45) is 0. The SMILES string of the molecule is O=C(CNc1cc2c(cc1Cl)OCCO2)Nc1cccc(Cl)c1Cl. The largest absolute Gasteiger partial charge is 0.486 e. The fourth-order valence-electron chi connectivity index (χ4n) is 2.17. The minimum atomic E-state index is -0.287. The van der Waals surface area contributed by atoms with E-state index in [0.29, 0.717) is 51.2 Å². The maximum Gasteiger partial charge on any atom is 0.243 e. The molecule has 2 aromatic carbocycles. The third-order valence-electron chi connectivity index (χ3n) is 3.30. The normalized spacial score (nSPS) is 12.6. The number of carbonyl (C=O) groups excluding carboxylic acids is 1. The molecule has 0 aromatic heterocycles. The van der Waals surface area contributed by atoms with Gasteiger partial charge < -0.3 is 20.1 Å². The summed E-state index contributed by atoms with van der Waals surface area (Å²) in [4.78, 5) is 12.1. The first-order chi connectivity index (χ1) is 11.5. The zero-order valence-electron chi connectivity index (χ0n) is 12.4. The summed E-state index contributed by atoms with van der Waals surface area (Å²) in [5, 5.41) is 6.75. The highest BCUT2D eigenvalue weighted by Crippen LogP contribution is 2.38. The number of benzene rings is 2. The number of ether oxygens (including phenoxy) is 2. The van der Waals surface area contributed by atoms with E-state index in [-0.39, 0.29) is 12.5 Å². The Kier molecular flexibility index (Phi) is 5.23. The van der Waals surface area contributed by atoms with Gasteiger partial charge in [-0.2, -0.15) is 0 Å². The molecule has 1 amide bonds. The van der Waals surface area contributed by atoms with Crippen LogP contribution in [0.3, 0.4) is 0 Å². The van der Waals surface area contributed by atoms with Crippen LogP contribution in [0.1, 0.15) is 0 Å². The van der Waals surface area contributed by atoms with Gasteiger partial charge in [-0.15, -0.1) is 0 Å². The van der Waals surface area contributed by atoms with E-state index in [2.05, 4.69) is 10.6 Å². The lowest BCUT2D eigenvalue weighted by atomic mass is 10.2. The van der Waals surface area contributed by atoms with E-state index < -0.39 is 0 Å². The summed E-state index contributed by atoms with van der Waals surface area (Å²) in [5.74, 6) is 0.892. The van der Waals surface area contributed by atoms with Crippen LogP contribution in [-0.4, -0.2) is 25.7 Å². The number of fused-ring (bicyclic) bond motifs is 1. The van der Waals surface area contributed by atoms with Gasteiger partial charge >= 0.3 is 0 Å². The molecule has 1 aliphatic rings. The van der Waals surface area contributed by atoms with Crippen LogP contribution in [0.2, 0.25) is 15.1 Å². The van der Waals surface area contributed by atoms with Gasteiger partial charge in [-0.3, -0.25) is 4.79 Å². The first-order valence-electron chi connectivity index (χ1n) is 7.11. The van der Waals surface area contributed by atoms with Crippen LogP contribution in [0.5, 0.6) is 11.5 Å². The van der Waals surface area contributed by atoms with Crippen molar-refractivity contribution in [1.29, 1.82) is 0 Å². The van der Waals surface area contributed by atoms with Crippen molar-refractivity contribution >= 4 is 52.1 Å². The average molecular weight is 388 g/mol. The summed E-state index contributed by atoms with van der Waals surface area (Å²) < 4.78 is 10.9. The fraction of sp³-hybridized carbons (Fsp3) is 0.188. The summed E-state index contributed by atoms with van der Waals surface area (Å²) in [7, 11) is 0. The van der Waals surface area contributed by atoms with Gasteiger partial charge in [-0.25, -0.2) is 0 Å². The third-order valence-corrected chi connectivity index (χ3v) is 4.43. The van der Waals surface area contributed by atoms with Crippen molar-refractivity contribution in [1.82, 2.24) is 0 Å². The number of halogens is 3. The Morgan fingerprint density at radius 2 is 1.71 bits per heavy atom. The highest BCUT2D eigenvalue weighted by molar-refractivity contribution is 6.44. The number of amides is 1. The van der Waals surface area contributed by atoms with Crippen LogP contribution < -0.4 is 20.1 Å². The molecule has 1 aliphatic heterocycles. The molecule has 0 saturated carbocycles. The molecular weight excluding hydrogens is 375 g/mol. The smallest absolute Gasteiger partial charge is 0.243 e. The quantitative estimate of drug-likeness (QED) is 0.813. The van der Waals surface area contributed by atoms with Crippen molar-refractivity contribution < 1.29 is 14.3 Å². The lowest BCUT2D eigenvalue weighted by Crippen LogP contribution is -2.22. The first-order valence-corrected chi connectivity index (χ1v) is 8.25. The highest BCUT2D eigenvalue weighted by atomic mass is 35.5. The monoisotopic (exact) mass is 386 g/mol. The molecular formula is C16H13Cl3N2O3. The Morgan fingerprint density at radius 3 is 2.46 bits per heavy atom. The second kappa shape index (κ2) is 7.38. The molecule has 0 bridgehead atoms. The average Bonchev–Trinajstić information content (AvgIpc) is 2.57. The maximum atomic E-state index is 12.1. The zero-order chi connectivity index (χ0) is 17.1. The lowest BCUT2D eigenvalue weighted by molar-refractivity contribution is -0.114. The van der Waals surface area contributed by atoms with Crippen molar-refractivity contribution in [2.75, 3.05) is 30.4 Å². The van der Waals surface area contributed by atoms with E-state index in [1.807, 2.05) is 0 Å². The second-order valence-electron chi connectivity index (χ2n) is 4.98. The van der Waals surface area contributed by atoms with Crippen LogP contribution in [0.4, 0.5) is 11.4 Å². The summed E-state index contributed by atoms with van der Waals surface area (Å²) in [6, 6.07) is 8.38. The molecule has 126 valence electrons. The minimum Gasteiger partial charge on any atom is -0.486 e. The Bertz CT molecular complexity index is 783. The molecule has 0 aliphatic carbocycles. The Labute approximate surface area is 153 Å². The Morgan fingerprint density at radius 1 is 1.00 bits per heavy atom. The van der Waals surface area contributed by atoms with Crippen molar-refractivity contribution in [2.45, 2.75) is 0 Å². The first kappa shape index (κ1) is 17.0. The van der Waals surface area contributed by atoms with Gasteiger partial charge in [0.25, 0.3) is 0 Å². The molecule has 2 N–H and O–H groups in total. The van der Waals surface area contributed by atoms with Crippen LogP contribution in [0.15, 0.2) is 30.3 Å². The highest BCUT2D eigenvalue weighted by Gasteiger charge is 2.16. The number of anilines is 2. The Balaban J connectivity index is 1.65. The predicted molar refractivity (Wildman–Crippen MR) is 96.0 cm³/mol. The molecule has 8 heteroatoms. The van der Waals surface area contributed by atoms with E-state index in [0.717, 1.165) is 0 Å². The van der Waals surface area contributed by atoms with Gasteiger partial charge in [0.15, 0.2) is 11.5 Å². The van der Waals surface area contributed by atoms with Crippen LogP contribution >= 0.6 is 34.8 Å². The Hall–Kier alpha value is -1.82. The van der Waals surface area contributed by atoms with Crippen molar-refractivity contribution in [3.63, 3.8) is 0 Å². The molecule has 24 heavy (non-hydrogen) atoms. The maximum absolute atomic E-state index is 12.1. The lowest BCUT2D eigenvalue weighted by Gasteiger charge is -2.20. The third kappa shape index (κ3) is 3.80. The van der Waals surface area contributed by atoms with Gasteiger partial charge in [-0.1, -0.05) is 40.9 Å².